The van der Waals surface area contributed by atoms with Crippen molar-refractivity contribution < 1.29 is 19.1 Å². The molecule has 0 aliphatic carbocycles. The largest absolute Gasteiger partial charge is 0.462 e. The predicted octanol–water partition coefficient (Wildman–Crippen LogP) is 2.64. The van der Waals surface area contributed by atoms with Crippen molar-refractivity contribution in [2.75, 3.05) is 19.7 Å². The van der Waals surface area contributed by atoms with Crippen LogP contribution in [0.2, 0.25) is 0 Å². The van der Waals surface area contributed by atoms with Crippen LogP contribution in [0.3, 0.4) is 0 Å². The monoisotopic (exact) mass is 406 g/mol. The molecule has 0 saturated carbocycles. The minimum absolute atomic E-state index is 0.176. The van der Waals surface area contributed by atoms with E-state index in [1.165, 1.54) is 10.8 Å². The lowest BCUT2D eigenvalue weighted by Gasteiger charge is -2.16. The first-order chi connectivity index (χ1) is 14.6. The molecule has 3 aromatic rings. The Balaban J connectivity index is 1.81. The summed E-state index contributed by atoms with van der Waals surface area (Å²) in [5.41, 5.74) is 1.09. The van der Waals surface area contributed by atoms with Gasteiger partial charge in [-0.1, -0.05) is 18.2 Å². The number of hydrogen-bond acceptors (Lipinski definition) is 5. The molecule has 2 aromatic heterocycles. The van der Waals surface area contributed by atoms with Crippen molar-refractivity contribution in [3.63, 3.8) is 0 Å². The molecule has 0 radical (unpaired) electrons. The molecule has 154 valence electrons. The summed E-state index contributed by atoms with van der Waals surface area (Å²) in [5.74, 6) is -1.34. The summed E-state index contributed by atoms with van der Waals surface area (Å²) in [6.07, 6.45) is 4.85. The number of esters is 1. The van der Waals surface area contributed by atoms with E-state index in [2.05, 4.69) is 5.10 Å². The maximum Gasteiger partial charge on any atom is 0.343 e. The highest BCUT2D eigenvalue weighted by molar-refractivity contribution is 6.42. The average molecular weight is 406 g/mol. The maximum atomic E-state index is 13.0. The molecular formula is C22H22N4O4. The zero-order valence-electron chi connectivity index (χ0n) is 16.7. The first kappa shape index (κ1) is 19.6. The van der Waals surface area contributed by atoms with Gasteiger partial charge in [-0.2, -0.15) is 5.10 Å². The van der Waals surface area contributed by atoms with Crippen LogP contribution in [0.4, 0.5) is 0 Å². The van der Waals surface area contributed by atoms with Gasteiger partial charge in [0.2, 0.25) is 0 Å². The van der Waals surface area contributed by atoms with Crippen molar-refractivity contribution in [1.82, 2.24) is 19.2 Å². The number of benzene rings is 1. The van der Waals surface area contributed by atoms with Gasteiger partial charge in [-0.15, -0.1) is 0 Å². The van der Waals surface area contributed by atoms with Crippen molar-refractivity contribution in [3.05, 3.63) is 66.1 Å². The molecule has 3 heterocycles. The maximum absolute atomic E-state index is 13.0. The summed E-state index contributed by atoms with van der Waals surface area (Å²) in [6, 6.07) is 12.5. The predicted molar refractivity (Wildman–Crippen MR) is 109 cm³/mol. The zero-order valence-corrected chi connectivity index (χ0v) is 16.7. The van der Waals surface area contributed by atoms with Gasteiger partial charge in [0.05, 0.1) is 18.5 Å². The van der Waals surface area contributed by atoms with Crippen molar-refractivity contribution in [3.8, 4) is 11.5 Å². The van der Waals surface area contributed by atoms with E-state index in [1.54, 1.807) is 34.8 Å². The minimum Gasteiger partial charge on any atom is -0.462 e. The number of rotatable bonds is 6. The van der Waals surface area contributed by atoms with E-state index in [-0.39, 0.29) is 17.9 Å². The lowest BCUT2D eigenvalue weighted by atomic mass is 10.2. The number of aromatic nitrogens is 3. The second-order valence-corrected chi connectivity index (χ2v) is 6.94. The zero-order chi connectivity index (χ0) is 21.1. The van der Waals surface area contributed by atoms with E-state index in [1.807, 2.05) is 30.3 Å². The minimum atomic E-state index is -0.613. The molecule has 1 aliphatic rings. The lowest BCUT2D eigenvalue weighted by molar-refractivity contribution is -0.125. The number of carbonyl (C=O) groups excluding carboxylic acids is 3. The number of hydrogen-bond donors (Lipinski definition) is 0. The van der Waals surface area contributed by atoms with Crippen LogP contribution < -0.4 is 0 Å². The fraction of sp³-hybridized carbons (Fsp3) is 0.273. The Hall–Kier alpha value is -3.68. The number of para-hydroxylation sites is 1. The van der Waals surface area contributed by atoms with Crippen LogP contribution in [0, 0.1) is 0 Å². The normalized spacial score (nSPS) is 13.4. The molecule has 1 fully saturated rings. The molecule has 8 heteroatoms. The number of ketones is 1. The second-order valence-electron chi connectivity index (χ2n) is 6.94. The van der Waals surface area contributed by atoms with E-state index < -0.39 is 17.7 Å². The van der Waals surface area contributed by atoms with Gasteiger partial charge in [0.25, 0.3) is 11.7 Å². The van der Waals surface area contributed by atoms with Crippen molar-refractivity contribution in [2.24, 2.45) is 0 Å². The molecule has 8 nitrogen and oxygen atoms in total. The van der Waals surface area contributed by atoms with E-state index >= 15 is 0 Å². The van der Waals surface area contributed by atoms with Crippen LogP contribution >= 0.6 is 0 Å². The van der Waals surface area contributed by atoms with Gasteiger partial charge < -0.3 is 9.64 Å². The van der Waals surface area contributed by atoms with E-state index in [0.29, 0.717) is 24.6 Å². The summed E-state index contributed by atoms with van der Waals surface area (Å²) in [7, 11) is 0. The van der Waals surface area contributed by atoms with Crippen molar-refractivity contribution in [2.45, 2.75) is 19.8 Å². The van der Waals surface area contributed by atoms with Gasteiger partial charge in [-0.3, -0.25) is 14.2 Å². The average Bonchev–Trinajstić information content (AvgIpc) is 3.53. The van der Waals surface area contributed by atoms with Crippen LogP contribution in [0.25, 0.3) is 11.5 Å². The highest BCUT2D eigenvalue weighted by Gasteiger charge is 2.30. The Labute approximate surface area is 173 Å². The Morgan fingerprint density at radius 3 is 2.47 bits per heavy atom. The Morgan fingerprint density at radius 1 is 1.03 bits per heavy atom. The molecule has 1 aliphatic heterocycles. The van der Waals surface area contributed by atoms with Crippen LogP contribution in [0.15, 0.2) is 54.9 Å². The number of nitrogens with zero attached hydrogens (tertiary/aromatic N) is 4. The first-order valence-corrected chi connectivity index (χ1v) is 9.93. The van der Waals surface area contributed by atoms with Crippen molar-refractivity contribution >= 4 is 17.7 Å². The number of likely N-dealkylation sites (tertiary alicyclic amines) is 1. The summed E-state index contributed by atoms with van der Waals surface area (Å²) in [5, 5.41) is 4.36. The van der Waals surface area contributed by atoms with Gasteiger partial charge in [0.1, 0.15) is 11.3 Å². The van der Waals surface area contributed by atoms with Crippen LogP contribution in [-0.2, 0) is 9.53 Å². The number of amides is 1. The number of carbonyl (C=O) groups is 3. The molecule has 0 atom stereocenters. The molecule has 0 bridgehead atoms. The summed E-state index contributed by atoms with van der Waals surface area (Å²) in [4.78, 5) is 39.8. The van der Waals surface area contributed by atoms with E-state index in [4.69, 9.17) is 4.74 Å². The summed E-state index contributed by atoms with van der Waals surface area (Å²) >= 11 is 0. The molecule has 1 saturated heterocycles. The number of ether oxygens (including phenoxy) is 1. The third-order valence-electron chi connectivity index (χ3n) is 5.04. The first-order valence-electron chi connectivity index (χ1n) is 9.93. The Kier molecular flexibility index (Phi) is 5.47. The third-order valence-corrected chi connectivity index (χ3v) is 5.04. The SMILES string of the molecule is CCOC(=O)c1cnn(-c2ccccc2)c1-n1cccc1C(=O)C(=O)N1CCCC1. The molecule has 0 spiro atoms. The number of Topliss-reactive ketones (excluding diaryl/α,β-unsaturated/α-hetero) is 1. The van der Waals surface area contributed by atoms with Crippen LogP contribution in [0.5, 0.6) is 0 Å². The molecule has 0 unspecified atom stereocenters. The topological polar surface area (TPSA) is 86.4 Å². The van der Waals surface area contributed by atoms with E-state index in [9.17, 15) is 14.4 Å². The van der Waals surface area contributed by atoms with E-state index in [0.717, 1.165) is 12.8 Å². The second kappa shape index (κ2) is 8.36. The van der Waals surface area contributed by atoms with Gasteiger partial charge in [-0.05, 0) is 44.0 Å². The molecule has 30 heavy (non-hydrogen) atoms. The van der Waals surface area contributed by atoms with Gasteiger partial charge in [0, 0.05) is 19.3 Å². The summed E-state index contributed by atoms with van der Waals surface area (Å²) in [6.45, 7) is 3.10. The smallest absolute Gasteiger partial charge is 0.343 e. The summed E-state index contributed by atoms with van der Waals surface area (Å²) < 4.78 is 8.27. The van der Waals surface area contributed by atoms with Crippen LogP contribution in [0.1, 0.15) is 40.6 Å². The Bertz CT molecular complexity index is 1080. The van der Waals surface area contributed by atoms with Gasteiger partial charge >= 0.3 is 5.97 Å². The fourth-order valence-electron chi connectivity index (χ4n) is 3.61. The third kappa shape index (κ3) is 3.52. The Morgan fingerprint density at radius 2 is 1.77 bits per heavy atom. The van der Waals surface area contributed by atoms with Crippen LogP contribution in [-0.4, -0.2) is 56.6 Å². The highest BCUT2D eigenvalue weighted by Crippen LogP contribution is 2.23. The highest BCUT2D eigenvalue weighted by atomic mass is 16.5. The fourth-order valence-corrected chi connectivity index (χ4v) is 3.61. The quantitative estimate of drug-likeness (QED) is 0.357. The van der Waals surface area contributed by atoms with Gasteiger partial charge in [-0.25, -0.2) is 9.48 Å². The molecule has 1 aromatic carbocycles. The lowest BCUT2D eigenvalue weighted by Crippen LogP contribution is -2.35. The van der Waals surface area contributed by atoms with Gasteiger partial charge in [0.15, 0.2) is 5.82 Å². The molecular weight excluding hydrogens is 384 g/mol. The standard InChI is InChI=1S/C22H22N4O4/c1-2-30-22(29)17-15-23-26(16-9-4-3-5-10-16)20(17)25-14-8-11-18(25)19(27)21(28)24-12-6-7-13-24/h3-5,8-11,14-15H,2,6-7,12-13H2,1H3. The molecule has 0 N–H and O–H groups in total. The molecule has 1 amide bonds. The van der Waals surface area contributed by atoms with Crippen molar-refractivity contribution in [1.29, 1.82) is 0 Å². The molecule has 4 rings (SSSR count).